The third-order valence-electron chi connectivity index (χ3n) is 2.30. The molecular formula is C11H14N2OS. The fourth-order valence-corrected chi connectivity index (χ4v) is 2.39. The number of hydrogen-bond acceptors (Lipinski definition) is 4. The second-order valence-electron chi connectivity index (χ2n) is 3.16. The summed E-state index contributed by atoms with van der Waals surface area (Å²) in [5.41, 5.74) is 0.923. The molecule has 0 N–H and O–H groups in total. The third kappa shape index (κ3) is 2.04. The molecule has 0 fully saturated rings. The van der Waals surface area contributed by atoms with Crippen molar-refractivity contribution in [2.75, 3.05) is 18.0 Å². The average Bonchev–Trinajstić information content (AvgIpc) is 2.89. The van der Waals surface area contributed by atoms with Crippen molar-refractivity contribution >= 4 is 16.5 Å². The summed E-state index contributed by atoms with van der Waals surface area (Å²) in [6.45, 7) is 6.25. The van der Waals surface area contributed by atoms with Gasteiger partial charge in [0.1, 0.15) is 5.69 Å². The summed E-state index contributed by atoms with van der Waals surface area (Å²) >= 11 is 1.66. The summed E-state index contributed by atoms with van der Waals surface area (Å²) in [6, 6.07) is 3.81. The Hall–Kier alpha value is -1.29. The molecule has 15 heavy (non-hydrogen) atoms. The molecule has 0 bridgehead atoms. The molecule has 2 heterocycles. The highest BCUT2D eigenvalue weighted by atomic mass is 32.1. The molecule has 0 atom stereocenters. The van der Waals surface area contributed by atoms with E-state index in [0.29, 0.717) is 0 Å². The van der Waals surface area contributed by atoms with Crippen LogP contribution in [0.1, 0.15) is 13.8 Å². The van der Waals surface area contributed by atoms with Crippen LogP contribution in [-0.2, 0) is 0 Å². The lowest BCUT2D eigenvalue weighted by Crippen LogP contribution is -2.21. The molecule has 80 valence electrons. The van der Waals surface area contributed by atoms with Crippen molar-refractivity contribution in [1.82, 2.24) is 4.98 Å². The first kappa shape index (κ1) is 10.2. The Morgan fingerprint density at radius 1 is 1.40 bits per heavy atom. The maximum absolute atomic E-state index is 5.31. The first-order valence-electron chi connectivity index (χ1n) is 5.09. The van der Waals surface area contributed by atoms with Crippen molar-refractivity contribution in [1.29, 1.82) is 0 Å². The molecule has 0 aliphatic rings. The average molecular weight is 222 g/mol. The normalized spacial score (nSPS) is 10.5. The largest absolute Gasteiger partial charge is 0.463 e. The third-order valence-corrected chi connectivity index (χ3v) is 3.20. The summed E-state index contributed by atoms with van der Waals surface area (Å²) in [5.74, 6) is 0.838. The SMILES string of the molecule is CCN(CC)c1nc(-c2ccco2)cs1. The Balaban J connectivity index is 2.24. The second-order valence-corrected chi connectivity index (χ2v) is 4.00. The van der Waals surface area contributed by atoms with Gasteiger partial charge in [-0.2, -0.15) is 0 Å². The number of aromatic nitrogens is 1. The maximum atomic E-state index is 5.31. The fourth-order valence-electron chi connectivity index (χ4n) is 1.44. The summed E-state index contributed by atoms with van der Waals surface area (Å²) in [5, 5.41) is 3.10. The molecule has 2 rings (SSSR count). The quantitative estimate of drug-likeness (QED) is 0.795. The van der Waals surface area contributed by atoms with Crippen LogP contribution in [0, 0.1) is 0 Å². The molecule has 0 aromatic carbocycles. The topological polar surface area (TPSA) is 29.3 Å². The Kier molecular flexibility index (Phi) is 3.06. The Bertz CT molecular complexity index is 404. The van der Waals surface area contributed by atoms with Gasteiger partial charge in [0, 0.05) is 18.5 Å². The molecule has 4 heteroatoms. The Morgan fingerprint density at radius 2 is 2.20 bits per heavy atom. The molecule has 0 saturated heterocycles. The smallest absolute Gasteiger partial charge is 0.185 e. The lowest BCUT2D eigenvalue weighted by molar-refractivity contribution is 0.580. The second kappa shape index (κ2) is 4.49. The Labute approximate surface area is 93.4 Å². The van der Waals surface area contributed by atoms with Crippen LogP contribution in [0.3, 0.4) is 0 Å². The standard InChI is InChI=1S/C11H14N2OS/c1-3-13(4-2)11-12-9(8-15-11)10-6-5-7-14-10/h5-8H,3-4H2,1-2H3. The van der Waals surface area contributed by atoms with Crippen molar-refractivity contribution < 1.29 is 4.42 Å². The minimum atomic E-state index is 0.838. The van der Waals surface area contributed by atoms with Gasteiger partial charge in [0.05, 0.1) is 6.26 Å². The molecule has 0 spiro atoms. The number of rotatable bonds is 4. The van der Waals surface area contributed by atoms with Crippen LogP contribution in [0.5, 0.6) is 0 Å². The molecule has 3 nitrogen and oxygen atoms in total. The van der Waals surface area contributed by atoms with Crippen LogP contribution in [0.2, 0.25) is 0 Å². The first-order chi connectivity index (χ1) is 7.35. The van der Waals surface area contributed by atoms with E-state index in [1.54, 1.807) is 17.6 Å². The van der Waals surface area contributed by atoms with Gasteiger partial charge >= 0.3 is 0 Å². The summed E-state index contributed by atoms with van der Waals surface area (Å²) in [7, 11) is 0. The van der Waals surface area contributed by atoms with Gasteiger partial charge in [-0.1, -0.05) is 0 Å². The van der Waals surface area contributed by atoms with Crippen molar-refractivity contribution in [3.8, 4) is 11.5 Å². The minimum absolute atomic E-state index is 0.838. The van der Waals surface area contributed by atoms with Gasteiger partial charge < -0.3 is 9.32 Å². The number of hydrogen-bond donors (Lipinski definition) is 0. The van der Waals surface area contributed by atoms with E-state index in [2.05, 4.69) is 23.7 Å². The van der Waals surface area contributed by atoms with E-state index in [1.165, 1.54) is 0 Å². The van der Waals surface area contributed by atoms with Crippen molar-refractivity contribution in [3.63, 3.8) is 0 Å². The van der Waals surface area contributed by atoms with Gasteiger partial charge in [-0.15, -0.1) is 11.3 Å². The monoisotopic (exact) mass is 222 g/mol. The van der Waals surface area contributed by atoms with Crippen molar-refractivity contribution in [2.45, 2.75) is 13.8 Å². The summed E-state index contributed by atoms with van der Waals surface area (Å²) in [6.07, 6.45) is 1.67. The molecule has 0 radical (unpaired) electrons. The lowest BCUT2D eigenvalue weighted by Gasteiger charge is -2.16. The molecule has 0 aliphatic heterocycles. The lowest BCUT2D eigenvalue weighted by atomic mass is 10.4. The van der Waals surface area contributed by atoms with E-state index in [-0.39, 0.29) is 0 Å². The zero-order chi connectivity index (χ0) is 10.7. The number of anilines is 1. The van der Waals surface area contributed by atoms with E-state index in [1.807, 2.05) is 17.5 Å². The molecule has 2 aromatic heterocycles. The van der Waals surface area contributed by atoms with Crippen molar-refractivity contribution in [3.05, 3.63) is 23.8 Å². The predicted molar refractivity (Wildman–Crippen MR) is 63.4 cm³/mol. The molecule has 2 aromatic rings. The number of thiazole rings is 1. The van der Waals surface area contributed by atoms with Crippen LogP contribution < -0.4 is 4.90 Å². The van der Waals surface area contributed by atoms with E-state index in [4.69, 9.17) is 4.42 Å². The molecule has 0 saturated carbocycles. The van der Waals surface area contributed by atoms with Crippen molar-refractivity contribution in [2.24, 2.45) is 0 Å². The fraction of sp³-hybridized carbons (Fsp3) is 0.364. The molecule has 0 aliphatic carbocycles. The van der Waals surface area contributed by atoms with E-state index in [0.717, 1.165) is 29.7 Å². The van der Waals surface area contributed by atoms with E-state index >= 15 is 0 Å². The zero-order valence-electron chi connectivity index (χ0n) is 8.93. The van der Waals surface area contributed by atoms with Gasteiger partial charge in [-0.25, -0.2) is 4.98 Å². The highest BCUT2D eigenvalue weighted by Crippen LogP contribution is 2.27. The van der Waals surface area contributed by atoms with Crippen LogP contribution in [-0.4, -0.2) is 18.1 Å². The van der Waals surface area contributed by atoms with Gasteiger partial charge in [0.25, 0.3) is 0 Å². The van der Waals surface area contributed by atoms with Gasteiger partial charge in [0.15, 0.2) is 10.9 Å². The van der Waals surface area contributed by atoms with Crippen LogP contribution >= 0.6 is 11.3 Å². The van der Waals surface area contributed by atoms with Gasteiger partial charge in [-0.3, -0.25) is 0 Å². The molecule has 0 amide bonds. The highest BCUT2D eigenvalue weighted by molar-refractivity contribution is 7.14. The molecule has 0 unspecified atom stereocenters. The summed E-state index contributed by atoms with van der Waals surface area (Å²) in [4.78, 5) is 6.78. The van der Waals surface area contributed by atoms with E-state index < -0.39 is 0 Å². The first-order valence-corrected chi connectivity index (χ1v) is 5.97. The Morgan fingerprint density at radius 3 is 2.80 bits per heavy atom. The van der Waals surface area contributed by atoms with Crippen LogP contribution in [0.4, 0.5) is 5.13 Å². The molecular weight excluding hydrogens is 208 g/mol. The minimum Gasteiger partial charge on any atom is -0.463 e. The summed E-state index contributed by atoms with van der Waals surface area (Å²) < 4.78 is 5.31. The van der Waals surface area contributed by atoms with Crippen LogP contribution in [0.15, 0.2) is 28.2 Å². The maximum Gasteiger partial charge on any atom is 0.185 e. The van der Waals surface area contributed by atoms with E-state index in [9.17, 15) is 0 Å². The number of nitrogens with zero attached hydrogens (tertiary/aromatic N) is 2. The van der Waals surface area contributed by atoms with Gasteiger partial charge in [0.2, 0.25) is 0 Å². The highest BCUT2D eigenvalue weighted by Gasteiger charge is 2.10. The zero-order valence-corrected chi connectivity index (χ0v) is 9.75. The number of furan rings is 1. The van der Waals surface area contributed by atoms with Crippen LogP contribution in [0.25, 0.3) is 11.5 Å². The predicted octanol–water partition coefficient (Wildman–Crippen LogP) is 3.25. The van der Waals surface area contributed by atoms with Gasteiger partial charge in [-0.05, 0) is 26.0 Å².